The predicted octanol–water partition coefficient (Wildman–Crippen LogP) is 1.42. The van der Waals surface area contributed by atoms with Crippen molar-refractivity contribution in [1.29, 1.82) is 0 Å². The van der Waals surface area contributed by atoms with Crippen molar-refractivity contribution in [2.75, 3.05) is 6.54 Å². The van der Waals surface area contributed by atoms with Crippen LogP contribution in [0.2, 0.25) is 0 Å². The van der Waals surface area contributed by atoms with E-state index in [1.165, 1.54) is 0 Å². The lowest BCUT2D eigenvalue weighted by molar-refractivity contribution is -0.122. The van der Waals surface area contributed by atoms with Crippen molar-refractivity contribution in [3.05, 3.63) is 35.4 Å². The van der Waals surface area contributed by atoms with Gasteiger partial charge in [0.1, 0.15) is 0 Å². The highest BCUT2D eigenvalue weighted by atomic mass is 16.4. The van der Waals surface area contributed by atoms with Crippen LogP contribution in [0.15, 0.2) is 24.3 Å². The normalized spacial score (nSPS) is 12.2. The van der Waals surface area contributed by atoms with Crippen LogP contribution in [0, 0.1) is 5.92 Å². The van der Waals surface area contributed by atoms with Crippen LogP contribution in [-0.2, 0) is 11.2 Å². The summed E-state index contributed by atoms with van der Waals surface area (Å²) in [5.74, 6) is -0.779. The molecule has 0 aliphatic heterocycles. The summed E-state index contributed by atoms with van der Waals surface area (Å²) in [7, 11) is 0. The number of amides is 1. The molecule has 0 radical (unpaired) electrons. The zero-order chi connectivity index (χ0) is 15.1. The number of aromatic carboxylic acids is 1. The number of nitrogens with one attached hydrogen (secondary N) is 1. The van der Waals surface area contributed by atoms with Gasteiger partial charge in [0, 0.05) is 6.54 Å². The Hall–Kier alpha value is -1.88. The summed E-state index contributed by atoms with van der Waals surface area (Å²) in [6.45, 7) is 4.40. The molecule has 0 spiro atoms. The third-order valence-electron chi connectivity index (χ3n) is 3.00. The van der Waals surface area contributed by atoms with Gasteiger partial charge in [0.05, 0.1) is 11.6 Å². The molecule has 1 aromatic carbocycles. The van der Waals surface area contributed by atoms with E-state index >= 15 is 0 Å². The molecule has 0 saturated heterocycles. The second kappa shape index (κ2) is 7.65. The van der Waals surface area contributed by atoms with Gasteiger partial charge in [0.25, 0.3) is 0 Å². The first-order chi connectivity index (χ1) is 9.41. The van der Waals surface area contributed by atoms with Crippen LogP contribution in [0.3, 0.4) is 0 Å². The number of carboxylic acid groups (broad SMARTS) is 1. The number of carbonyl (C=O) groups is 2. The summed E-state index contributed by atoms with van der Waals surface area (Å²) in [6.07, 6.45) is 1.11. The molecule has 0 bridgehead atoms. The molecule has 110 valence electrons. The van der Waals surface area contributed by atoms with E-state index in [-0.39, 0.29) is 11.5 Å². The van der Waals surface area contributed by atoms with Gasteiger partial charge in [0.15, 0.2) is 0 Å². The van der Waals surface area contributed by atoms with Gasteiger partial charge in [-0.15, -0.1) is 0 Å². The van der Waals surface area contributed by atoms with Crippen molar-refractivity contribution in [3.8, 4) is 0 Å². The van der Waals surface area contributed by atoms with Gasteiger partial charge >= 0.3 is 5.97 Å². The first kappa shape index (κ1) is 16.2. The number of hydrogen-bond acceptors (Lipinski definition) is 3. The van der Waals surface area contributed by atoms with Gasteiger partial charge in [-0.2, -0.15) is 0 Å². The van der Waals surface area contributed by atoms with Gasteiger partial charge in [-0.1, -0.05) is 32.0 Å². The maximum atomic E-state index is 11.7. The van der Waals surface area contributed by atoms with Crippen molar-refractivity contribution in [2.45, 2.75) is 32.7 Å². The maximum absolute atomic E-state index is 11.7. The minimum Gasteiger partial charge on any atom is -0.478 e. The molecule has 4 N–H and O–H groups in total. The Kier molecular flexibility index (Phi) is 6.18. The second-order valence-electron chi connectivity index (χ2n) is 5.24. The van der Waals surface area contributed by atoms with Crippen molar-refractivity contribution in [2.24, 2.45) is 11.7 Å². The first-order valence-corrected chi connectivity index (χ1v) is 6.76. The molecule has 1 amide bonds. The van der Waals surface area contributed by atoms with E-state index in [2.05, 4.69) is 5.32 Å². The summed E-state index contributed by atoms with van der Waals surface area (Å²) in [4.78, 5) is 22.8. The minimum atomic E-state index is -0.955. The third-order valence-corrected chi connectivity index (χ3v) is 3.00. The molecular formula is C15H22N2O3. The fraction of sp³-hybridized carbons (Fsp3) is 0.467. The van der Waals surface area contributed by atoms with Crippen molar-refractivity contribution >= 4 is 11.9 Å². The Labute approximate surface area is 119 Å². The maximum Gasteiger partial charge on any atom is 0.335 e. The lowest BCUT2D eigenvalue weighted by Crippen LogP contribution is -2.42. The van der Waals surface area contributed by atoms with Gasteiger partial charge in [-0.05, 0) is 30.4 Å². The number of carboxylic acids is 1. The fourth-order valence-corrected chi connectivity index (χ4v) is 2.01. The largest absolute Gasteiger partial charge is 0.478 e. The number of carbonyl (C=O) groups excluding carboxylic acids is 1. The summed E-state index contributed by atoms with van der Waals surface area (Å²) < 4.78 is 0. The van der Waals surface area contributed by atoms with Gasteiger partial charge in [-0.3, -0.25) is 4.79 Å². The number of nitrogens with two attached hydrogens (primary N) is 1. The first-order valence-electron chi connectivity index (χ1n) is 6.76. The van der Waals surface area contributed by atoms with Gasteiger partial charge < -0.3 is 16.2 Å². The molecule has 5 heteroatoms. The number of rotatable bonds is 7. The molecule has 0 heterocycles. The van der Waals surface area contributed by atoms with Crippen LogP contribution in [0.5, 0.6) is 0 Å². The Balaban J connectivity index is 2.49. The molecular weight excluding hydrogens is 256 g/mol. The molecule has 0 aromatic heterocycles. The molecule has 0 aliphatic rings. The lowest BCUT2D eigenvalue weighted by Gasteiger charge is -2.14. The van der Waals surface area contributed by atoms with E-state index in [1.807, 2.05) is 13.8 Å². The van der Waals surface area contributed by atoms with Crippen molar-refractivity contribution in [3.63, 3.8) is 0 Å². The third kappa shape index (κ3) is 5.01. The minimum absolute atomic E-state index is 0.188. The second-order valence-corrected chi connectivity index (χ2v) is 5.24. The zero-order valence-corrected chi connectivity index (χ0v) is 11.9. The Morgan fingerprint density at radius 1 is 1.30 bits per heavy atom. The highest BCUT2D eigenvalue weighted by molar-refractivity contribution is 5.89. The quantitative estimate of drug-likeness (QED) is 0.703. The molecule has 1 rings (SSSR count). The van der Waals surface area contributed by atoms with Crippen LogP contribution in [-0.4, -0.2) is 29.6 Å². The van der Waals surface area contributed by atoms with E-state index in [4.69, 9.17) is 10.8 Å². The van der Waals surface area contributed by atoms with Crippen molar-refractivity contribution < 1.29 is 14.7 Å². The molecule has 1 aromatic rings. The number of hydrogen-bond donors (Lipinski definition) is 3. The van der Waals surface area contributed by atoms with E-state index < -0.39 is 12.0 Å². The average molecular weight is 278 g/mol. The van der Waals surface area contributed by atoms with Crippen LogP contribution < -0.4 is 11.1 Å². The van der Waals surface area contributed by atoms with Crippen LogP contribution in [0.1, 0.15) is 36.2 Å². The Bertz CT molecular complexity index is 472. The topological polar surface area (TPSA) is 92.4 Å². The Morgan fingerprint density at radius 3 is 2.55 bits per heavy atom. The number of benzene rings is 1. The molecule has 0 saturated carbocycles. The predicted molar refractivity (Wildman–Crippen MR) is 77.5 cm³/mol. The molecule has 1 atom stereocenters. The molecule has 0 aliphatic carbocycles. The standard InChI is InChI=1S/C15H22N2O3/c1-10(2)9-13(16)14(18)17-8-7-11-5-3-4-6-12(11)15(19)20/h3-6,10,13H,7-9,16H2,1-2H3,(H,17,18)(H,19,20)/t13-/m1/s1. The summed E-state index contributed by atoms with van der Waals surface area (Å²) in [6, 6.07) is 6.27. The monoisotopic (exact) mass is 278 g/mol. The highest BCUT2D eigenvalue weighted by Gasteiger charge is 2.15. The molecule has 20 heavy (non-hydrogen) atoms. The van der Waals surface area contributed by atoms with Crippen LogP contribution in [0.4, 0.5) is 0 Å². The van der Waals surface area contributed by atoms with Crippen LogP contribution >= 0.6 is 0 Å². The van der Waals surface area contributed by atoms with Crippen molar-refractivity contribution in [1.82, 2.24) is 5.32 Å². The summed E-state index contributed by atoms with van der Waals surface area (Å²) in [5.41, 5.74) is 6.75. The SMILES string of the molecule is CC(C)C[C@@H](N)C(=O)NCCc1ccccc1C(=O)O. The molecule has 0 fully saturated rings. The summed E-state index contributed by atoms with van der Waals surface area (Å²) in [5, 5.41) is 11.8. The van der Waals surface area contributed by atoms with Gasteiger partial charge in [0.2, 0.25) is 5.91 Å². The molecule has 5 nitrogen and oxygen atoms in total. The Morgan fingerprint density at radius 2 is 1.95 bits per heavy atom. The van der Waals surface area contributed by atoms with E-state index in [0.29, 0.717) is 30.9 Å². The smallest absolute Gasteiger partial charge is 0.335 e. The van der Waals surface area contributed by atoms with Gasteiger partial charge in [-0.25, -0.2) is 4.79 Å². The van der Waals surface area contributed by atoms with E-state index in [9.17, 15) is 9.59 Å². The zero-order valence-electron chi connectivity index (χ0n) is 11.9. The summed E-state index contributed by atoms with van der Waals surface area (Å²) >= 11 is 0. The molecule has 0 unspecified atom stereocenters. The average Bonchev–Trinajstić information content (AvgIpc) is 2.38. The highest BCUT2D eigenvalue weighted by Crippen LogP contribution is 2.09. The fourth-order valence-electron chi connectivity index (χ4n) is 2.01. The lowest BCUT2D eigenvalue weighted by atomic mass is 10.0. The van der Waals surface area contributed by atoms with Crippen LogP contribution in [0.25, 0.3) is 0 Å². The van der Waals surface area contributed by atoms with E-state index in [1.54, 1.807) is 24.3 Å². The van der Waals surface area contributed by atoms with E-state index in [0.717, 1.165) is 0 Å².